The highest BCUT2D eigenvalue weighted by molar-refractivity contribution is 5.81. The third kappa shape index (κ3) is 3.38. The van der Waals surface area contributed by atoms with E-state index in [1.165, 1.54) is 5.56 Å². The van der Waals surface area contributed by atoms with Crippen LogP contribution in [0.15, 0.2) is 60.7 Å². The Bertz CT molecular complexity index is 736. The van der Waals surface area contributed by atoms with Gasteiger partial charge < -0.3 is 9.80 Å². The zero-order valence-electron chi connectivity index (χ0n) is 15.1. The van der Waals surface area contributed by atoms with E-state index in [2.05, 4.69) is 64.1 Å². The summed E-state index contributed by atoms with van der Waals surface area (Å²) in [7, 11) is 2.13. The van der Waals surface area contributed by atoms with E-state index in [0.717, 1.165) is 25.2 Å². The molecule has 0 spiro atoms. The van der Waals surface area contributed by atoms with Crippen molar-refractivity contribution in [3.05, 3.63) is 71.8 Å². The van der Waals surface area contributed by atoms with Crippen molar-refractivity contribution in [1.82, 2.24) is 20.7 Å². The van der Waals surface area contributed by atoms with Crippen molar-refractivity contribution in [2.24, 2.45) is 5.92 Å². The molecule has 2 aliphatic heterocycles. The molecule has 2 aromatic carbocycles. The smallest absolute Gasteiger partial charge is 0.229 e. The first-order chi connectivity index (χ1) is 12.7. The van der Waals surface area contributed by atoms with Crippen LogP contribution in [0.4, 0.5) is 0 Å². The van der Waals surface area contributed by atoms with E-state index in [-0.39, 0.29) is 23.9 Å². The van der Waals surface area contributed by atoms with Crippen LogP contribution < -0.4 is 10.9 Å². The highest BCUT2D eigenvalue weighted by Gasteiger charge is 2.40. The Morgan fingerprint density at radius 2 is 1.62 bits per heavy atom. The standard InChI is InChI=1S/C21H26N4O/c1-24-12-13-25(19(15-24)16-8-4-2-5-9-16)21(26)18-14-22-23-20(18)17-10-6-3-7-11-17/h2-11,18-20,22-23H,12-15H2,1H3. The van der Waals surface area contributed by atoms with Gasteiger partial charge in [0.15, 0.2) is 0 Å². The molecule has 1 amide bonds. The number of nitrogens with one attached hydrogen (secondary N) is 2. The third-order valence-corrected chi connectivity index (χ3v) is 5.51. The number of hydrazine groups is 1. The number of carbonyl (C=O) groups excluding carboxylic acids is 1. The van der Waals surface area contributed by atoms with Crippen LogP contribution >= 0.6 is 0 Å². The van der Waals surface area contributed by atoms with Crippen molar-refractivity contribution >= 4 is 5.91 Å². The molecule has 3 unspecified atom stereocenters. The molecule has 2 N–H and O–H groups in total. The molecule has 0 radical (unpaired) electrons. The van der Waals surface area contributed by atoms with Crippen molar-refractivity contribution in [3.8, 4) is 0 Å². The molecular weight excluding hydrogens is 324 g/mol. The van der Waals surface area contributed by atoms with Gasteiger partial charge in [0.1, 0.15) is 0 Å². The van der Waals surface area contributed by atoms with Crippen LogP contribution in [0.5, 0.6) is 0 Å². The molecule has 0 bridgehead atoms. The Labute approximate surface area is 155 Å². The van der Waals surface area contributed by atoms with E-state index in [1.54, 1.807) is 0 Å². The molecule has 2 aliphatic rings. The molecule has 2 fully saturated rings. The molecular formula is C21H26N4O. The molecule has 0 saturated carbocycles. The fourth-order valence-corrected chi connectivity index (χ4v) is 4.06. The first-order valence-corrected chi connectivity index (χ1v) is 9.31. The van der Waals surface area contributed by atoms with E-state index in [1.807, 2.05) is 24.3 Å². The number of likely N-dealkylation sites (N-methyl/N-ethyl adjacent to an activating group) is 1. The van der Waals surface area contributed by atoms with Gasteiger partial charge in [-0.25, -0.2) is 5.43 Å². The predicted molar refractivity (Wildman–Crippen MR) is 102 cm³/mol. The molecule has 5 nitrogen and oxygen atoms in total. The summed E-state index contributed by atoms with van der Waals surface area (Å²) in [5.74, 6) is 0.144. The molecule has 0 aromatic heterocycles. The Balaban J connectivity index is 1.59. The Morgan fingerprint density at radius 3 is 2.31 bits per heavy atom. The maximum absolute atomic E-state index is 13.5. The number of rotatable bonds is 3. The molecule has 2 heterocycles. The average Bonchev–Trinajstić information content (AvgIpc) is 3.19. The summed E-state index contributed by atoms with van der Waals surface area (Å²) in [5.41, 5.74) is 8.86. The number of piperazine rings is 1. The fraction of sp³-hybridized carbons (Fsp3) is 0.381. The van der Waals surface area contributed by atoms with Gasteiger partial charge in [0.05, 0.1) is 18.0 Å². The van der Waals surface area contributed by atoms with Gasteiger partial charge in [-0.15, -0.1) is 0 Å². The van der Waals surface area contributed by atoms with Crippen LogP contribution in [0.1, 0.15) is 23.2 Å². The van der Waals surface area contributed by atoms with E-state index in [9.17, 15) is 4.79 Å². The van der Waals surface area contributed by atoms with Gasteiger partial charge in [-0.2, -0.15) is 0 Å². The summed E-state index contributed by atoms with van der Waals surface area (Å²) in [6.45, 7) is 3.22. The summed E-state index contributed by atoms with van der Waals surface area (Å²) < 4.78 is 0. The van der Waals surface area contributed by atoms with Gasteiger partial charge in [-0.1, -0.05) is 60.7 Å². The first kappa shape index (κ1) is 17.2. The first-order valence-electron chi connectivity index (χ1n) is 9.31. The zero-order chi connectivity index (χ0) is 17.9. The van der Waals surface area contributed by atoms with E-state index in [0.29, 0.717) is 6.54 Å². The van der Waals surface area contributed by atoms with Crippen LogP contribution in [0.3, 0.4) is 0 Å². The van der Waals surface area contributed by atoms with Crippen molar-refractivity contribution in [2.75, 3.05) is 33.2 Å². The number of nitrogens with zero attached hydrogens (tertiary/aromatic N) is 2. The molecule has 5 heteroatoms. The summed E-state index contributed by atoms with van der Waals surface area (Å²) in [6, 6.07) is 20.8. The lowest BCUT2D eigenvalue weighted by Crippen LogP contribution is -2.51. The largest absolute Gasteiger partial charge is 0.333 e. The number of hydrogen-bond acceptors (Lipinski definition) is 4. The molecule has 2 saturated heterocycles. The van der Waals surface area contributed by atoms with Gasteiger partial charge in [0, 0.05) is 26.2 Å². The number of amides is 1. The maximum atomic E-state index is 13.5. The topological polar surface area (TPSA) is 47.6 Å². The van der Waals surface area contributed by atoms with Gasteiger partial charge in [0.2, 0.25) is 5.91 Å². The molecule has 0 aliphatic carbocycles. The third-order valence-electron chi connectivity index (χ3n) is 5.51. The number of carbonyl (C=O) groups is 1. The van der Waals surface area contributed by atoms with Crippen molar-refractivity contribution < 1.29 is 4.79 Å². The minimum Gasteiger partial charge on any atom is -0.333 e. The van der Waals surface area contributed by atoms with E-state index in [4.69, 9.17) is 0 Å². The zero-order valence-corrected chi connectivity index (χ0v) is 15.1. The van der Waals surface area contributed by atoms with Crippen molar-refractivity contribution in [2.45, 2.75) is 12.1 Å². The van der Waals surface area contributed by atoms with Crippen LogP contribution in [0, 0.1) is 5.92 Å². The number of hydrogen-bond donors (Lipinski definition) is 2. The van der Waals surface area contributed by atoms with Crippen molar-refractivity contribution in [1.29, 1.82) is 0 Å². The molecule has 4 rings (SSSR count). The molecule has 26 heavy (non-hydrogen) atoms. The highest BCUT2D eigenvalue weighted by Crippen LogP contribution is 2.31. The lowest BCUT2D eigenvalue weighted by atomic mass is 9.92. The summed E-state index contributed by atoms with van der Waals surface area (Å²) in [5, 5.41) is 0. The number of benzene rings is 2. The molecule has 136 valence electrons. The van der Waals surface area contributed by atoms with E-state index < -0.39 is 0 Å². The van der Waals surface area contributed by atoms with Crippen LogP contribution in [0.25, 0.3) is 0 Å². The highest BCUT2D eigenvalue weighted by atomic mass is 16.2. The fourth-order valence-electron chi connectivity index (χ4n) is 4.06. The summed E-state index contributed by atoms with van der Waals surface area (Å²) in [4.78, 5) is 17.9. The Kier molecular flexibility index (Phi) is 5.02. The monoisotopic (exact) mass is 350 g/mol. The second-order valence-corrected chi connectivity index (χ2v) is 7.24. The van der Waals surface area contributed by atoms with Crippen LogP contribution in [-0.2, 0) is 4.79 Å². The van der Waals surface area contributed by atoms with Gasteiger partial charge >= 0.3 is 0 Å². The maximum Gasteiger partial charge on any atom is 0.229 e. The lowest BCUT2D eigenvalue weighted by molar-refractivity contribution is -0.140. The van der Waals surface area contributed by atoms with Gasteiger partial charge in [-0.3, -0.25) is 10.2 Å². The second kappa shape index (κ2) is 7.58. The minimum absolute atomic E-state index is 0.0137. The lowest BCUT2D eigenvalue weighted by Gasteiger charge is -2.42. The Morgan fingerprint density at radius 1 is 0.962 bits per heavy atom. The Hall–Kier alpha value is -2.21. The quantitative estimate of drug-likeness (QED) is 0.889. The SMILES string of the molecule is CN1CCN(C(=O)C2CNNC2c2ccccc2)C(c2ccccc2)C1. The predicted octanol–water partition coefficient (Wildman–Crippen LogP) is 1.97. The van der Waals surface area contributed by atoms with Crippen LogP contribution in [-0.4, -0.2) is 48.9 Å². The summed E-state index contributed by atoms with van der Waals surface area (Å²) in [6.07, 6.45) is 0. The normalized spacial score (nSPS) is 26.8. The minimum atomic E-state index is -0.0907. The molecule has 3 atom stereocenters. The summed E-state index contributed by atoms with van der Waals surface area (Å²) >= 11 is 0. The van der Waals surface area contributed by atoms with Crippen molar-refractivity contribution in [3.63, 3.8) is 0 Å². The second-order valence-electron chi connectivity index (χ2n) is 7.24. The van der Waals surface area contributed by atoms with Gasteiger partial charge in [0.25, 0.3) is 0 Å². The van der Waals surface area contributed by atoms with Gasteiger partial charge in [-0.05, 0) is 18.2 Å². The van der Waals surface area contributed by atoms with Crippen LogP contribution in [0.2, 0.25) is 0 Å². The van der Waals surface area contributed by atoms with E-state index >= 15 is 0 Å². The average molecular weight is 350 g/mol. The molecule has 2 aromatic rings.